The lowest BCUT2D eigenvalue weighted by atomic mass is 9.90. The van der Waals surface area contributed by atoms with Crippen molar-refractivity contribution in [1.29, 1.82) is 0 Å². The number of rotatable bonds is 16. The van der Waals surface area contributed by atoms with E-state index in [0.29, 0.717) is 19.3 Å². The molecule has 0 bridgehead atoms. The van der Waals surface area contributed by atoms with Gasteiger partial charge >= 0.3 is 6.09 Å². The van der Waals surface area contributed by atoms with Gasteiger partial charge in [-0.05, 0) is 40.7 Å². The van der Waals surface area contributed by atoms with Crippen molar-refractivity contribution in [2.45, 2.75) is 64.5 Å². The fraction of sp³-hybridized carbons (Fsp3) is 0.382. The van der Waals surface area contributed by atoms with Gasteiger partial charge in [-0.1, -0.05) is 112 Å². The summed E-state index contributed by atoms with van der Waals surface area (Å²) in [6, 6.07) is 25.4. The van der Waals surface area contributed by atoms with Gasteiger partial charge in [-0.15, -0.1) is 0 Å². The van der Waals surface area contributed by atoms with E-state index >= 15 is 0 Å². The Kier molecular flexibility index (Phi) is 11.5. The van der Waals surface area contributed by atoms with Gasteiger partial charge in [0.15, 0.2) is 0 Å². The van der Waals surface area contributed by atoms with Crippen LogP contribution in [0.3, 0.4) is 0 Å². The molecular weight excluding hydrogens is 530 g/mol. The van der Waals surface area contributed by atoms with Gasteiger partial charge in [0, 0.05) is 5.92 Å². The number of unbranched alkanes of at least 4 members (excludes halogenated alkanes) is 2. The number of carbonyl (C=O) groups excluding carboxylic acids is 3. The second-order valence-corrected chi connectivity index (χ2v) is 10.5. The largest absolute Gasteiger partial charge is 0.449 e. The van der Waals surface area contributed by atoms with Crippen LogP contribution in [0.1, 0.15) is 68.6 Å². The highest BCUT2D eigenvalue weighted by molar-refractivity contribution is 5.80. The molecule has 0 aromatic heterocycles. The number of hydroxylamine groups is 2. The molecule has 2 atom stereocenters. The van der Waals surface area contributed by atoms with Gasteiger partial charge in [-0.3, -0.25) is 14.4 Å². The van der Waals surface area contributed by atoms with Crippen LogP contribution in [0, 0.1) is 5.92 Å². The van der Waals surface area contributed by atoms with E-state index < -0.39 is 18.1 Å². The first-order chi connectivity index (χ1) is 20.6. The van der Waals surface area contributed by atoms with Crippen LogP contribution in [0.5, 0.6) is 0 Å². The number of nitrogens with zero attached hydrogens (tertiary/aromatic N) is 1. The molecule has 0 fully saturated rings. The summed E-state index contributed by atoms with van der Waals surface area (Å²) in [5, 5.41) is 6.73. The molecule has 0 heterocycles. The minimum atomic E-state index is -0.604. The van der Waals surface area contributed by atoms with Crippen LogP contribution in [0.2, 0.25) is 0 Å². The number of carbonyl (C=O) groups is 3. The van der Waals surface area contributed by atoms with Crippen LogP contribution in [-0.4, -0.2) is 42.8 Å². The SMILES string of the molecule is CCCCC[C@@H](C(=O)NCNC(=O)OCC1c2ccccc2-c2ccccc21)[C@@H](CC)N(C=O)OCc1ccccc1. The normalized spacial score (nSPS) is 13.4. The van der Waals surface area contributed by atoms with Crippen molar-refractivity contribution in [1.82, 2.24) is 15.7 Å². The van der Waals surface area contributed by atoms with Crippen molar-refractivity contribution in [2.24, 2.45) is 5.92 Å². The summed E-state index contributed by atoms with van der Waals surface area (Å²) < 4.78 is 5.58. The van der Waals surface area contributed by atoms with Crippen LogP contribution in [0.4, 0.5) is 4.79 Å². The van der Waals surface area contributed by atoms with Crippen molar-refractivity contribution < 1.29 is 24.0 Å². The number of fused-ring (bicyclic) bond motifs is 3. The van der Waals surface area contributed by atoms with E-state index in [9.17, 15) is 14.4 Å². The number of ether oxygens (including phenoxy) is 1. The van der Waals surface area contributed by atoms with E-state index in [0.717, 1.165) is 47.1 Å². The summed E-state index contributed by atoms with van der Waals surface area (Å²) in [5.74, 6) is -0.782. The van der Waals surface area contributed by atoms with Crippen LogP contribution < -0.4 is 10.6 Å². The number of alkyl carbamates (subject to hydrolysis) is 1. The zero-order valence-electron chi connectivity index (χ0n) is 24.5. The zero-order chi connectivity index (χ0) is 29.7. The maximum Gasteiger partial charge on any atom is 0.408 e. The Balaban J connectivity index is 1.31. The molecule has 8 nitrogen and oxygen atoms in total. The molecule has 3 aromatic carbocycles. The molecular formula is C34H41N3O5. The standard InChI is InChI=1S/C34H41N3O5/c1-3-5-7-20-30(32(4-2)37(24-38)42-21-25-14-8-6-9-15-25)33(39)35-23-36-34(40)41-22-31-28-18-12-10-16-26(28)27-17-11-13-19-29(27)31/h6,8-19,24,30-32H,3-5,7,20-23H2,1-2H3,(H,35,39)(H,36,40)/t30-,32-/m1/s1. The Morgan fingerprint density at radius 1 is 0.881 bits per heavy atom. The zero-order valence-corrected chi connectivity index (χ0v) is 24.5. The molecule has 3 amide bonds. The van der Waals surface area contributed by atoms with Crippen LogP contribution in [-0.2, 0) is 25.8 Å². The topological polar surface area (TPSA) is 97.0 Å². The molecule has 42 heavy (non-hydrogen) atoms. The van der Waals surface area contributed by atoms with E-state index in [4.69, 9.17) is 9.57 Å². The van der Waals surface area contributed by atoms with Crippen molar-refractivity contribution >= 4 is 18.4 Å². The maximum atomic E-state index is 13.4. The fourth-order valence-electron chi connectivity index (χ4n) is 5.67. The number of nitrogens with one attached hydrogen (secondary N) is 2. The van der Waals surface area contributed by atoms with Gasteiger partial charge in [0.1, 0.15) is 13.2 Å². The number of hydrogen-bond acceptors (Lipinski definition) is 5. The Labute approximate surface area is 248 Å². The summed E-state index contributed by atoms with van der Waals surface area (Å²) in [6.07, 6.45) is 4.01. The molecule has 2 N–H and O–H groups in total. The molecule has 222 valence electrons. The third-order valence-electron chi connectivity index (χ3n) is 7.83. The minimum Gasteiger partial charge on any atom is -0.449 e. The second-order valence-electron chi connectivity index (χ2n) is 10.5. The third kappa shape index (κ3) is 7.76. The lowest BCUT2D eigenvalue weighted by molar-refractivity contribution is -0.200. The van der Waals surface area contributed by atoms with Crippen LogP contribution in [0.25, 0.3) is 11.1 Å². The fourth-order valence-corrected chi connectivity index (χ4v) is 5.67. The Morgan fingerprint density at radius 3 is 2.14 bits per heavy atom. The lowest BCUT2D eigenvalue weighted by Gasteiger charge is -2.32. The van der Waals surface area contributed by atoms with E-state index in [1.54, 1.807) is 0 Å². The van der Waals surface area contributed by atoms with Crippen molar-refractivity contribution in [3.05, 3.63) is 95.6 Å². The van der Waals surface area contributed by atoms with E-state index in [1.807, 2.05) is 61.5 Å². The van der Waals surface area contributed by atoms with Gasteiger partial charge < -0.3 is 15.4 Å². The third-order valence-corrected chi connectivity index (χ3v) is 7.83. The van der Waals surface area contributed by atoms with Gasteiger partial charge in [0.05, 0.1) is 18.6 Å². The van der Waals surface area contributed by atoms with Crippen molar-refractivity contribution in [3.8, 4) is 11.1 Å². The lowest BCUT2D eigenvalue weighted by Crippen LogP contribution is -2.48. The van der Waals surface area contributed by atoms with Crippen molar-refractivity contribution in [2.75, 3.05) is 13.3 Å². The molecule has 3 aromatic rings. The van der Waals surface area contributed by atoms with Crippen LogP contribution >= 0.6 is 0 Å². The van der Waals surface area contributed by atoms with Gasteiger partial charge in [0.2, 0.25) is 12.3 Å². The van der Waals surface area contributed by atoms with E-state index in [2.05, 4.69) is 41.8 Å². The predicted octanol–water partition coefficient (Wildman–Crippen LogP) is 6.16. The van der Waals surface area contributed by atoms with Crippen LogP contribution in [0.15, 0.2) is 78.9 Å². The molecule has 0 saturated carbocycles. The molecule has 0 aliphatic heterocycles. The van der Waals surface area contributed by atoms with E-state index in [-0.39, 0.29) is 31.7 Å². The molecule has 4 rings (SSSR count). The molecule has 0 spiro atoms. The minimum absolute atomic E-state index is 0.0452. The number of benzene rings is 3. The average Bonchev–Trinajstić information content (AvgIpc) is 3.35. The Bertz CT molecular complexity index is 1270. The molecule has 0 unspecified atom stereocenters. The van der Waals surface area contributed by atoms with Gasteiger partial charge in [-0.25, -0.2) is 9.86 Å². The predicted molar refractivity (Wildman–Crippen MR) is 162 cm³/mol. The first kappa shape index (κ1) is 30.8. The summed E-state index contributed by atoms with van der Waals surface area (Å²) in [7, 11) is 0. The monoisotopic (exact) mass is 571 g/mol. The smallest absolute Gasteiger partial charge is 0.408 e. The highest BCUT2D eigenvalue weighted by Gasteiger charge is 2.32. The van der Waals surface area contributed by atoms with Gasteiger partial charge in [0.25, 0.3) is 0 Å². The first-order valence-corrected chi connectivity index (χ1v) is 14.8. The molecule has 8 heteroatoms. The average molecular weight is 572 g/mol. The molecule has 1 aliphatic carbocycles. The summed E-state index contributed by atoms with van der Waals surface area (Å²) in [6.45, 7) is 4.37. The quantitative estimate of drug-likeness (QED) is 0.0929. The number of amides is 3. The summed E-state index contributed by atoms with van der Waals surface area (Å²) >= 11 is 0. The van der Waals surface area contributed by atoms with E-state index in [1.165, 1.54) is 5.06 Å². The molecule has 0 radical (unpaired) electrons. The van der Waals surface area contributed by atoms with Crippen molar-refractivity contribution in [3.63, 3.8) is 0 Å². The highest BCUT2D eigenvalue weighted by Crippen LogP contribution is 2.44. The molecule has 1 aliphatic rings. The summed E-state index contributed by atoms with van der Waals surface area (Å²) in [5.41, 5.74) is 5.51. The van der Waals surface area contributed by atoms with Gasteiger partial charge in [-0.2, -0.15) is 0 Å². The highest BCUT2D eigenvalue weighted by atomic mass is 16.7. The summed E-state index contributed by atoms with van der Waals surface area (Å²) in [4.78, 5) is 43.8. The maximum absolute atomic E-state index is 13.4. The first-order valence-electron chi connectivity index (χ1n) is 14.8. The Hall–Kier alpha value is -4.17. The Morgan fingerprint density at radius 2 is 1.52 bits per heavy atom. The second kappa shape index (κ2) is 15.7. The molecule has 0 saturated heterocycles. The number of hydrogen-bond donors (Lipinski definition) is 2.